The van der Waals surface area contributed by atoms with Gasteiger partial charge in [0.25, 0.3) is 0 Å². The maximum atomic E-state index is 11.0. The van der Waals surface area contributed by atoms with E-state index in [2.05, 4.69) is 32.7 Å². The van der Waals surface area contributed by atoms with Gasteiger partial charge in [-0.3, -0.25) is 0 Å². The van der Waals surface area contributed by atoms with E-state index in [9.17, 15) is 4.79 Å². The van der Waals surface area contributed by atoms with Crippen molar-refractivity contribution in [1.82, 2.24) is 4.98 Å². The summed E-state index contributed by atoms with van der Waals surface area (Å²) in [7, 11) is 0. The third-order valence-electron chi connectivity index (χ3n) is 3.08. The molecule has 0 bridgehead atoms. The highest BCUT2D eigenvalue weighted by Gasteiger charge is 2.26. The van der Waals surface area contributed by atoms with Crippen LogP contribution in [-0.4, -0.2) is 22.7 Å². The zero-order valence-corrected chi connectivity index (χ0v) is 11.6. The fourth-order valence-electron chi connectivity index (χ4n) is 1.37. The van der Waals surface area contributed by atoms with Gasteiger partial charge >= 0.3 is 11.9 Å². The number of nitrogens with zero attached hydrogens (tertiary/aromatic N) is 1. The monoisotopic (exact) mass is 255 g/mol. The number of ether oxygens (including phenoxy) is 1. The number of oxazole rings is 1. The van der Waals surface area contributed by atoms with E-state index in [0.29, 0.717) is 24.8 Å². The molecule has 0 saturated heterocycles. The summed E-state index contributed by atoms with van der Waals surface area (Å²) in [6, 6.07) is 0. The van der Waals surface area contributed by atoms with Gasteiger partial charge in [-0.25, -0.2) is 9.78 Å². The second kappa shape index (κ2) is 5.42. The molecule has 1 aromatic heterocycles. The van der Waals surface area contributed by atoms with E-state index < -0.39 is 5.97 Å². The molecule has 0 aromatic carbocycles. The van der Waals surface area contributed by atoms with Crippen molar-refractivity contribution >= 4 is 5.97 Å². The quantitative estimate of drug-likeness (QED) is 0.875. The first-order chi connectivity index (χ1) is 8.25. The number of carboxylic acid groups (broad SMARTS) is 1. The van der Waals surface area contributed by atoms with Crippen LogP contribution in [0, 0.1) is 11.3 Å². The highest BCUT2D eigenvalue weighted by molar-refractivity contribution is 5.87. The van der Waals surface area contributed by atoms with Crippen LogP contribution in [0.15, 0.2) is 4.42 Å². The van der Waals surface area contributed by atoms with Crippen molar-refractivity contribution in [1.29, 1.82) is 0 Å². The van der Waals surface area contributed by atoms with Crippen LogP contribution in [0.2, 0.25) is 0 Å². The van der Waals surface area contributed by atoms with Gasteiger partial charge in [0.15, 0.2) is 5.89 Å². The van der Waals surface area contributed by atoms with Crippen LogP contribution < -0.4 is 4.74 Å². The average molecular weight is 255 g/mol. The SMILES string of the molecule is CCOc1oc(CC(C)C(C)(C)C)nc1C(=O)O. The van der Waals surface area contributed by atoms with Crippen molar-refractivity contribution in [3.63, 3.8) is 0 Å². The Morgan fingerprint density at radius 1 is 1.50 bits per heavy atom. The van der Waals surface area contributed by atoms with Gasteiger partial charge in [-0.2, -0.15) is 0 Å². The lowest BCUT2D eigenvalue weighted by Gasteiger charge is -2.25. The molecule has 1 aromatic rings. The standard InChI is InChI=1S/C13H21NO4/c1-6-17-12-10(11(15)16)14-9(18-12)7-8(2)13(3,4)5/h8H,6-7H2,1-5H3,(H,15,16). The molecule has 5 heteroatoms. The van der Waals surface area contributed by atoms with Gasteiger partial charge in [-0.1, -0.05) is 27.7 Å². The molecule has 0 fully saturated rings. The minimum Gasteiger partial charge on any atom is -0.476 e. The molecule has 0 radical (unpaired) electrons. The molecule has 1 N–H and O–H groups in total. The van der Waals surface area contributed by atoms with Crippen molar-refractivity contribution in [2.45, 2.75) is 41.0 Å². The Kier molecular flexibility index (Phi) is 4.38. The fraction of sp³-hybridized carbons (Fsp3) is 0.692. The molecule has 1 rings (SSSR count). The molecular formula is C13H21NO4. The largest absolute Gasteiger partial charge is 0.476 e. The first-order valence-electron chi connectivity index (χ1n) is 6.11. The van der Waals surface area contributed by atoms with E-state index in [1.54, 1.807) is 6.92 Å². The molecule has 1 atom stereocenters. The van der Waals surface area contributed by atoms with Crippen LogP contribution in [0.3, 0.4) is 0 Å². The average Bonchev–Trinajstić information content (AvgIpc) is 2.60. The highest BCUT2D eigenvalue weighted by Crippen LogP contribution is 2.30. The molecule has 0 amide bonds. The number of hydrogen-bond acceptors (Lipinski definition) is 4. The molecule has 1 unspecified atom stereocenters. The second-order valence-corrected chi connectivity index (χ2v) is 5.45. The Labute approximate surface area is 107 Å². The number of carbonyl (C=O) groups is 1. The zero-order valence-electron chi connectivity index (χ0n) is 11.6. The van der Waals surface area contributed by atoms with E-state index >= 15 is 0 Å². The maximum absolute atomic E-state index is 11.0. The number of hydrogen-bond donors (Lipinski definition) is 1. The van der Waals surface area contributed by atoms with Gasteiger partial charge in [0.1, 0.15) is 0 Å². The van der Waals surface area contributed by atoms with Crippen LogP contribution in [0.5, 0.6) is 5.95 Å². The highest BCUT2D eigenvalue weighted by atomic mass is 16.6. The Hall–Kier alpha value is -1.52. The van der Waals surface area contributed by atoms with Crippen molar-refractivity contribution in [2.75, 3.05) is 6.61 Å². The molecule has 0 spiro atoms. The Bertz CT molecular complexity index is 417. The van der Waals surface area contributed by atoms with Crippen LogP contribution >= 0.6 is 0 Å². The third kappa shape index (κ3) is 3.48. The number of aromatic nitrogens is 1. The number of carboxylic acids is 1. The normalized spacial score (nSPS) is 13.4. The summed E-state index contributed by atoms with van der Waals surface area (Å²) in [6.07, 6.45) is 0.594. The van der Waals surface area contributed by atoms with Crippen molar-refractivity contribution in [3.05, 3.63) is 11.6 Å². The Morgan fingerprint density at radius 3 is 2.56 bits per heavy atom. The van der Waals surface area contributed by atoms with Gasteiger partial charge < -0.3 is 14.3 Å². The predicted molar refractivity (Wildman–Crippen MR) is 67.0 cm³/mol. The predicted octanol–water partition coefficient (Wildman–Crippen LogP) is 3.00. The Balaban J connectivity index is 2.91. The van der Waals surface area contributed by atoms with Crippen LogP contribution in [0.4, 0.5) is 0 Å². The molecule has 0 saturated carbocycles. The first-order valence-corrected chi connectivity index (χ1v) is 6.11. The van der Waals surface area contributed by atoms with E-state index in [1.807, 2.05) is 0 Å². The molecule has 1 heterocycles. The van der Waals surface area contributed by atoms with E-state index in [1.165, 1.54) is 0 Å². The molecule has 0 aliphatic heterocycles. The molecule has 0 aliphatic carbocycles. The minimum atomic E-state index is -1.13. The summed E-state index contributed by atoms with van der Waals surface area (Å²) in [4.78, 5) is 15.0. The molecule has 18 heavy (non-hydrogen) atoms. The maximum Gasteiger partial charge on any atom is 0.362 e. The van der Waals surface area contributed by atoms with Crippen molar-refractivity contribution in [2.24, 2.45) is 11.3 Å². The van der Waals surface area contributed by atoms with Crippen LogP contribution in [-0.2, 0) is 6.42 Å². The first kappa shape index (κ1) is 14.5. The molecule has 5 nitrogen and oxygen atoms in total. The van der Waals surface area contributed by atoms with E-state index in [0.717, 1.165) is 0 Å². The van der Waals surface area contributed by atoms with Crippen LogP contribution in [0.1, 0.15) is 51.0 Å². The van der Waals surface area contributed by atoms with Gasteiger partial charge in [0.2, 0.25) is 5.69 Å². The minimum absolute atomic E-state index is 0.00103. The Morgan fingerprint density at radius 2 is 2.11 bits per heavy atom. The van der Waals surface area contributed by atoms with Gasteiger partial charge in [0.05, 0.1) is 6.61 Å². The van der Waals surface area contributed by atoms with Gasteiger partial charge in [-0.05, 0) is 18.3 Å². The smallest absolute Gasteiger partial charge is 0.362 e. The lowest BCUT2D eigenvalue weighted by atomic mass is 9.80. The summed E-state index contributed by atoms with van der Waals surface area (Å²) < 4.78 is 10.5. The number of aromatic carboxylic acids is 1. The molecular weight excluding hydrogens is 234 g/mol. The van der Waals surface area contributed by atoms with Crippen molar-refractivity contribution < 1.29 is 19.1 Å². The summed E-state index contributed by atoms with van der Waals surface area (Å²) in [5.74, 6) is -0.386. The van der Waals surface area contributed by atoms with E-state index in [4.69, 9.17) is 14.3 Å². The molecule has 0 aliphatic rings. The fourth-order valence-corrected chi connectivity index (χ4v) is 1.37. The summed E-state index contributed by atoms with van der Waals surface area (Å²) in [6.45, 7) is 10.6. The summed E-state index contributed by atoms with van der Waals surface area (Å²) in [5.41, 5.74) is -0.0307. The van der Waals surface area contributed by atoms with Gasteiger partial charge in [0, 0.05) is 6.42 Å². The van der Waals surface area contributed by atoms with Crippen molar-refractivity contribution in [3.8, 4) is 5.95 Å². The summed E-state index contributed by atoms with van der Waals surface area (Å²) >= 11 is 0. The van der Waals surface area contributed by atoms with Gasteiger partial charge in [-0.15, -0.1) is 0 Å². The van der Waals surface area contributed by atoms with E-state index in [-0.39, 0.29) is 17.1 Å². The number of rotatable bonds is 5. The lowest BCUT2D eigenvalue weighted by Crippen LogP contribution is -2.19. The lowest BCUT2D eigenvalue weighted by molar-refractivity contribution is 0.0683. The molecule has 102 valence electrons. The zero-order chi connectivity index (χ0) is 13.9. The third-order valence-corrected chi connectivity index (χ3v) is 3.08. The van der Waals surface area contributed by atoms with Crippen LogP contribution in [0.25, 0.3) is 0 Å². The topological polar surface area (TPSA) is 72.6 Å². The second-order valence-electron chi connectivity index (χ2n) is 5.45. The summed E-state index contributed by atoms with van der Waals surface area (Å²) in [5, 5.41) is 9.00.